The highest BCUT2D eigenvalue weighted by Crippen LogP contribution is 2.38. The number of amides is 2. The molecule has 2 aromatic rings. The molecule has 1 aromatic carbocycles. The van der Waals surface area contributed by atoms with E-state index in [2.05, 4.69) is 15.5 Å². The number of fused-ring (bicyclic) bond motifs is 1. The van der Waals surface area contributed by atoms with Crippen molar-refractivity contribution in [2.24, 2.45) is 0 Å². The zero-order chi connectivity index (χ0) is 19.1. The van der Waals surface area contributed by atoms with Gasteiger partial charge >= 0.3 is 5.97 Å². The van der Waals surface area contributed by atoms with Gasteiger partial charge in [-0.3, -0.25) is 19.8 Å². The zero-order valence-corrected chi connectivity index (χ0v) is 15.1. The molecule has 0 atom stereocenters. The van der Waals surface area contributed by atoms with Crippen molar-refractivity contribution in [2.45, 2.75) is 26.4 Å². The average molecular weight is 376 g/mol. The summed E-state index contributed by atoms with van der Waals surface area (Å²) in [5, 5.41) is 20.4. The van der Waals surface area contributed by atoms with Crippen molar-refractivity contribution >= 4 is 39.9 Å². The molecule has 0 fully saturated rings. The zero-order valence-electron chi connectivity index (χ0n) is 14.3. The van der Waals surface area contributed by atoms with Crippen LogP contribution in [0.1, 0.15) is 29.2 Å². The van der Waals surface area contributed by atoms with Crippen LogP contribution in [0.4, 0.5) is 10.8 Å². The van der Waals surface area contributed by atoms with Gasteiger partial charge in [0.15, 0.2) is 5.60 Å². The molecule has 0 radical (unpaired) electrons. The number of benzene rings is 1. The number of hydrogen-bond donors (Lipinski definition) is 2. The second-order valence-corrected chi connectivity index (χ2v) is 7.35. The van der Waals surface area contributed by atoms with Crippen molar-refractivity contribution in [3.63, 3.8) is 0 Å². The number of nitrogens with one attached hydrogen (secondary N) is 1. The molecule has 0 saturated heterocycles. The SMILES string of the molecule is Cc1nnc(NC(=O)CN2C(=O)C(C)(C)Oc3cc(C(=O)O)ccc32)s1. The number of aryl methyl sites for hydroxylation is 1. The van der Waals surface area contributed by atoms with Crippen molar-refractivity contribution in [1.29, 1.82) is 0 Å². The van der Waals surface area contributed by atoms with Gasteiger partial charge in [0.05, 0.1) is 11.3 Å². The molecule has 0 spiro atoms. The fourth-order valence-corrected chi connectivity index (χ4v) is 3.12. The van der Waals surface area contributed by atoms with Crippen molar-refractivity contribution in [3.05, 3.63) is 28.8 Å². The van der Waals surface area contributed by atoms with Gasteiger partial charge in [-0.05, 0) is 39.0 Å². The van der Waals surface area contributed by atoms with E-state index in [-0.39, 0.29) is 17.9 Å². The number of anilines is 2. The predicted octanol–water partition coefficient (Wildman–Crippen LogP) is 1.69. The second kappa shape index (κ2) is 6.37. The molecule has 26 heavy (non-hydrogen) atoms. The molecule has 0 saturated carbocycles. The first-order valence-corrected chi connectivity index (χ1v) is 8.47. The molecule has 2 heterocycles. The van der Waals surface area contributed by atoms with Crippen molar-refractivity contribution in [1.82, 2.24) is 10.2 Å². The smallest absolute Gasteiger partial charge is 0.335 e. The molecular weight excluding hydrogens is 360 g/mol. The number of aromatic nitrogens is 2. The van der Waals surface area contributed by atoms with Gasteiger partial charge in [0.2, 0.25) is 11.0 Å². The van der Waals surface area contributed by atoms with E-state index >= 15 is 0 Å². The monoisotopic (exact) mass is 376 g/mol. The summed E-state index contributed by atoms with van der Waals surface area (Å²) in [6, 6.07) is 4.15. The molecule has 1 aromatic heterocycles. The minimum absolute atomic E-state index is 0.0302. The van der Waals surface area contributed by atoms with Crippen molar-refractivity contribution in [3.8, 4) is 5.75 Å². The fourth-order valence-electron chi connectivity index (χ4n) is 2.51. The number of carbonyl (C=O) groups is 3. The summed E-state index contributed by atoms with van der Waals surface area (Å²) in [4.78, 5) is 37.5. The Morgan fingerprint density at radius 3 is 2.69 bits per heavy atom. The first kappa shape index (κ1) is 17.8. The third-order valence-electron chi connectivity index (χ3n) is 3.70. The van der Waals surface area contributed by atoms with Crippen LogP contribution in [0.5, 0.6) is 5.75 Å². The van der Waals surface area contributed by atoms with E-state index in [1.165, 1.54) is 34.4 Å². The molecule has 0 bridgehead atoms. The predicted molar refractivity (Wildman–Crippen MR) is 93.7 cm³/mol. The molecule has 136 valence electrons. The van der Waals surface area contributed by atoms with Crippen molar-refractivity contribution in [2.75, 3.05) is 16.8 Å². The minimum atomic E-state index is -1.23. The van der Waals surface area contributed by atoms with Gasteiger partial charge in [0.1, 0.15) is 17.3 Å². The Kier molecular flexibility index (Phi) is 4.36. The van der Waals surface area contributed by atoms with Gasteiger partial charge in [-0.1, -0.05) is 11.3 Å². The van der Waals surface area contributed by atoms with Gasteiger partial charge in [-0.25, -0.2) is 4.79 Å². The number of carboxylic acids is 1. The lowest BCUT2D eigenvalue weighted by molar-refractivity contribution is -0.133. The Bertz CT molecular complexity index is 908. The number of aromatic carboxylic acids is 1. The highest BCUT2D eigenvalue weighted by molar-refractivity contribution is 7.15. The van der Waals surface area contributed by atoms with E-state index in [1.807, 2.05) is 0 Å². The number of nitrogens with zero attached hydrogens (tertiary/aromatic N) is 3. The second-order valence-electron chi connectivity index (χ2n) is 6.17. The van der Waals surface area contributed by atoms with Crippen LogP contribution >= 0.6 is 11.3 Å². The minimum Gasteiger partial charge on any atom is -0.478 e. The van der Waals surface area contributed by atoms with Crippen LogP contribution in [0.2, 0.25) is 0 Å². The summed E-state index contributed by atoms with van der Waals surface area (Å²) in [5.41, 5.74) is -0.866. The standard InChI is InChI=1S/C16H16N4O5S/c1-8-18-19-15(26-8)17-12(21)7-20-10-5-4-9(13(22)23)6-11(10)25-16(2,3)14(20)24/h4-6H,7H2,1-3H3,(H,22,23)(H,17,19,21). The van der Waals surface area contributed by atoms with Crippen LogP contribution in [0.3, 0.4) is 0 Å². The van der Waals surface area contributed by atoms with E-state index in [1.54, 1.807) is 20.8 Å². The fraction of sp³-hybridized carbons (Fsp3) is 0.312. The van der Waals surface area contributed by atoms with Gasteiger partial charge in [0, 0.05) is 0 Å². The van der Waals surface area contributed by atoms with E-state index in [9.17, 15) is 14.4 Å². The van der Waals surface area contributed by atoms with E-state index in [4.69, 9.17) is 9.84 Å². The van der Waals surface area contributed by atoms with Gasteiger partial charge < -0.3 is 9.84 Å². The summed E-state index contributed by atoms with van der Waals surface area (Å²) >= 11 is 1.22. The molecule has 10 heteroatoms. The van der Waals surface area contributed by atoms with Crippen LogP contribution in [-0.4, -0.2) is 45.2 Å². The van der Waals surface area contributed by atoms with Crippen LogP contribution in [0.15, 0.2) is 18.2 Å². The molecule has 2 amide bonds. The molecular formula is C16H16N4O5S. The third-order valence-corrected chi connectivity index (χ3v) is 4.45. The number of carboxylic acid groups (broad SMARTS) is 1. The molecule has 3 rings (SSSR count). The number of hydrogen-bond acceptors (Lipinski definition) is 7. The van der Waals surface area contributed by atoms with E-state index in [0.29, 0.717) is 15.8 Å². The number of carbonyl (C=O) groups excluding carboxylic acids is 2. The lowest BCUT2D eigenvalue weighted by atomic mass is 10.0. The highest BCUT2D eigenvalue weighted by Gasteiger charge is 2.41. The molecule has 9 nitrogen and oxygen atoms in total. The van der Waals surface area contributed by atoms with Crippen LogP contribution in [0, 0.1) is 6.92 Å². The summed E-state index contributed by atoms with van der Waals surface area (Å²) in [7, 11) is 0. The summed E-state index contributed by atoms with van der Waals surface area (Å²) < 4.78 is 5.65. The molecule has 0 unspecified atom stereocenters. The largest absolute Gasteiger partial charge is 0.478 e. The first-order valence-electron chi connectivity index (χ1n) is 7.65. The Labute approximate surface area is 152 Å². The molecule has 0 aliphatic carbocycles. The lowest BCUT2D eigenvalue weighted by Gasteiger charge is -2.38. The van der Waals surface area contributed by atoms with Gasteiger partial charge in [0.25, 0.3) is 5.91 Å². The topological polar surface area (TPSA) is 122 Å². The highest BCUT2D eigenvalue weighted by atomic mass is 32.1. The Morgan fingerprint density at radius 2 is 2.08 bits per heavy atom. The lowest BCUT2D eigenvalue weighted by Crippen LogP contribution is -2.54. The van der Waals surface area contributed by atoms with E-state index < -0.39 is 23.4 Å². The van der Waals surface area contributed by atoms with Gasteiger partial charge in [-0.15, -0.1) is 10.2 Å². The molecule has 1 aliphatic heterocycles. The maximum Gasteiger partial charge on any atom is 0.335 e. The summed E-state index contributed by atoms with van der Waals surface area (Å²) in [6.07, 6.45) is 0. The Hall–Kier alpha value is -3.01. The Morgan fingerprint density at radius 1 is 1.35 bits per heavy atom. The maximum absolute atomic E-state index is 12.7. The Balaban J connectivity index is 1.89. The van der Waals surface area contributed by atoms with Crippen LogP contribution in [-0.2, 0) is 9.59 Å². The van der Waals surface area contributed by atoms with Crippen LogP contribution in [0.25, 0.3) is 0 Å². The number of ether oxygens (including phenoxy) is 1. The average Bonchev–Trinajstić information content (AvgIpc) is 2.95. The normalized spacial score (nSPS) is 15.2. The van der Waals surface area contributed by atoms with Crippen LogP contribution < -0.4 is 15.0 Å². The maximum atomic E-state index is 12.7. The van der Waals surface area contributed by atoms with E-state index in [0.717, 1.165) is 0 Å². The first-order chi connectivity index (χ1) is 12.2. The molecule has 1 aliphatic rings. The van der Waals surface area contributed by atoms with Gasteiger partial charge in [-0.2, -0.15) is 0 Å². The quantitative estimate of drug-likeness (QED) is 0.832. The molecule has 2 N–H and O–H groups in total. The van der Waals surface area contributed by atoms with Crippen molar-refractivity contribution < 1.29 is 24.2 Å². The third kappa shape index (κ3) is 3.36. The summed E-state index contributed by atoms with van der Waals surface area (Å²) in [6.45, 7) is 4.62. The summed E-state index contributed by atoms with van der Waals surface area (Å²) in [5.74, 6) is -1.73. The number of rotatable bonds is 4.